The molecule has 0 saturated carbocycles. The summed E-state index contributed by atoms with van der Waals surface area (Å²) in [5.41, 5.74) is 3.11. The molecule has 0 spiro atoms. The molecular weight excluding hydrogens is 330 g/mol. The van der Waals surface area contributed by atoms with Crippen LogP contribution < -0.4 is 16.8 Å². The Kier molecular flexibility index (Phi) is 4.11. The second kappa shape index (κ2) is 5.80. The number of nitrogens with one attached hydrogen (secondary N) is 1. The zero-order valence-corrected chi connectivity index (χ0v) is 11.7. The fraction of sp³-hybridized carbons (Fsp3) is 0.0909. The number of hydrogen-bond donors (Lipinski definition) is 2. The van der Waals surface area contributed by atoms with Gasteiger partial charge in [0.1, 0.15) is 4.47 Å². The molecule has 0 aliphatic carbocycles. The van der Waals surface area contributed by atoms with Gasteiger partial charge in [0.2, 0.25) is 0 Å². The number of nitrogens with two attached hydrogens (primary N) is 1. The van der Waals surface area contributed by atoms with Crippen molar-refractivity contribution in [1.82, 2.24) is 9.55 Å². The molecule has 0 saturated heterocycles. The van der Waals surface area contributed by atoms with E-state index in [4.69, 9.17) is 5.84 Å². The molecule has 0 atom stereocenters. The third kappa shape index (κ3) is 2.83. The molecule has 3 N–H and O–H groups in total. The van der Waals surface area contributed by atoms with E-state index in [1.807, 2.05) is 0 Å². The van der Waals surface area contributed by atoms with Crippen LogP contribution in [0.2, 0.25) is 0 Å². The number of nitro benzene ring substituents is 1. The van der Waals surface area contributed by atoms with E-state index in [-0.39, 0.29) is 17.8 Å². The lowest BCUT2D eigenvalue weighted by atomic mass is 10.1. The molecule has 8 nitrogen and oxygen atoms in total. The van der Waals surface area contributed by atoms with E-state index in [0.717, 1.165) is 0 Å². The minimum atomic E-state index is -0.508. The highest BCUT2D eigenvalue weighted by atomic mass is 79.9. The van der Waals surface area contributed by atoms with Crippen LogP contribution in [0.5, 0.6) is 0 Å². The van der Waals surface area contributed by atoms with Crippen molar-refractivity contribution >= 4 is 27.3 Å². The first-order valence-corrected chi connectivity index (χ1v) is 6.26. The zero-order valence-electron chi connectivity index (χ0n) is 10.1. The summed E-state index contributed by atoms with van der Waals surface area (Å²) in [4.78, 5) is 26.1. The van der Waals surface area contributed by atoms with Crippen molar-refractivity contribution in [2.24, 2.45) is 5.84 Å². The van der Waals surface area contributed by atoms with Gasteiger partial charge in [-0.1, -0.05) is 0 Å². The monoisotopic (exact) mass is 339 g/mol. The maximum atomic E-state index is 11.9. The van der Waals surface area contributed by atoms with E-state index in [0.29, 0.717) is 15.7 Å². The standard InChI is InChI=1S/C11H10BrN5O3/c12-9-4-14-6-16(11(9)18)5-7-3-8(17(19)20)1-2-10(7)15-13/h1-4,6,15H,5,13H2. The van der Waals surface area contributed by atoms with Crippen LogP contribution >= 0.6 is 15.9 Å². The maximum absolute atomic E-state index is 11.9. The predicted molar refractivity (Wildman–Crippen MR) is 76.2 cm³/mol. The van der Waals surface area contributed by atoms with Gasteiger partial charge >= 0.3 is 0 Å². The van der Waals surface area contributed by atoms with Gasteiger partial charge < -0.3 is 5.43 Å². The summed E-state index contributed by atoms with van der Waals surface area (Å²) in [6.45, 7) is 0.118. The average Bonchev–Trinajstić information content (AvgIpc) is 2.43. The Morgan fingerprint density at radius 3 is 2.90 bits per heavy atom. The number of anilines is 1. The molecule has 104 valence electrons. The molecule has 0 amide bonds. The Hall–Kier alpha value is -2.26. The van der Waals surface area contributed by atoms with Gasteiger partial charge in [-0.25, -0.2) is 4.98 Å². The summed E-state index contributed by atoms with van der Waals surface area (Å²) >= 11 is 3.09. The van der Waals surface area contributed by atoms with Crippen molar-refractivity contribution < 1.29 is 4.92 Å². The summed E-state index contributed by atoms with van der Waals surface area (Å²) in [5, 5.41) is 10.8. The van der Waals surface area contributed by atoms with E-state index in [1.165, 1.54) is 35.3 Å². The Labute approximate surface area is 121 Å². The molecule has 0 radical (unpaired) electrons. The number of non-ortho nitro benzene ring substituents is 1. The fourth-order valence-electron chi connectivity index (χ4n) is 1.69. The molecule has 1 aromatic carbocycles. The minimum absolute atomic E-state index is 0.0741. The van der Waals surface area contributed by atoms with Gasteiger partial charge in [0, 0.05) is 23.9 Å². The Morgan fingerprint density at radius 2 is 2.25 bits per heavy atom. The highest BCUT2D eigenvalue weighted by molar-refractivity contribution is 9.10. The van der Waals surface area contributed by atoms with Crippen LogP contribution in [-0.4, -0.2) is 14.5 Å². The molecule has 2 aromatic rings. The smallest absolute Gasteiger partial charge is 0.269 e. The van der Waals surface area contributed by atoms with Crippen molar-refractivity contribution in [3.05, 3.63) is 61.2 Å². The maximum Gasteiger partial charge on any atom is 0.269 e. The molecule has 0 fully saturated rings. The number of benzene rings is 1. The zero-order chi connectivity index (χ0) is 14.7. The van der Waals surface area contributed by atoms with E-state index in [2.05, 4.69) is 26.3 Å². The highest BCUT2D eigenvalue weighted by Gasteiger charge is 2.12. The first-order chi connectivity index (χ1) is 9.52. The summed E-state index contributed by atoms with van der Waals surface area (Å²) in [6, 6.07) is 4.19. The largest absolute Gasteiger partial charge is 0.324 e. The van der Waals surface area contributed by atoms with E-state index in [9.17, 15) is 14.9 Å². The van der Waals surface area contributed by atoms with Gasteiger partial charge in [-0.2, -0.15) is 0 Å². The van der Waals surface area contributed by atoms with Crippen LogP contribution in [0.4, 0.5) is 11.4 Å². The van der Waals surface area contributed by atoms with E-state index >= 15 is 0 Å². The van der Waals surface area contributed by atoms with E-state index in [1.54, 1.807) is 0 Å². The topological polar surface area (TPSA) is 116 Å². The second-order valence-corrected chi connectivity index (χ2v) is 4.77. The third-order valence-corrected chi connectivity index (χ3v) is 3.20. The molecule has 0 unspecified atom stereocenters. The molecule has 0 bridgehead atoms. The molecule has 1 aromatic heterocycles. The van der Waals surface area contributed by atoms with Gasteiger partial charge in [0.25, 0.3) is 11.2 Å². The van der Waals surface area contributed by atoms with Gasteiger partial charge in [0.05, 0.1) is 23.5 Å². The molecule has 0 aliphatic rings. The minimum Gasteiger partial charge on any atom is -0.324 e. The number of halogens is 1. The van der Waals surface area contributed by atoms with Crippen LogP contribution in [0.1, 0.15) is 5.56 Å². The van der Waals surface area contributed by atoms with Gasteiger partial charge in [-0.15, -0.1) is 0 Å². The van der Waals surface area contributed by atoms with E-state index < -0.39 is 4.92 Å². The number of aromatic nitrogens is 2. The number of nitro groups is 1. The molecule has 0 aliphatic heterocycles. The SMILES string of the molecule is NNc1ccc([N+](=O)[O-])cc1Cn1cncc(Br)c1=O. The van der Waals surface area contributed by atoms with Crippen molar-refractivity contribution in [1.29, 1.82) is 0 Å². The molecule has 20 heavy (non-hydrogen) atoms. The first kappa shape index (κ1) is 14.2. The number of rotatable bonds is 4. The summed E-state index contributed by atoms with van der Waals surface area (Å²) in [5.74, 6) is 5.37. The Balaban J connectivity index is 2.46. The van der Waals surface area contributed by atoms with Crippen molar-refractivity contribution in [2.75, 3.05) is 5.43 Å². The molecule has 2 rings (SSSR count). The van der Waals surface area contributed by atoms with Gasteiger partial charge in [-0.3, -0.25) is 25.3 Å². The highest BCUT2D eigenvalue weighted by Crippen LogP contribution is 2.22. The Bertz CT molecular complexity index is 715. The van der Waals surface area contributed by atoms with Crippen molar-refractivity contribution in [3.63, 3.8) is 0 Å². The lowest BCUT2D eigenvalue weighted by molar-refractivity contribution is -0.384. The summed E-state index contributed by atoms with van der Waals surface area (Å²) in [6.07, 6.45) is 2.74. The van der Waals surface area contributed by atoms with Crippen LogP contribution in [0.25, 0.3) is 0 Å². The summed E-state index contributed by atoms with van der Waals surface area (Å²) in [7, 11) is 0. The predicted octanol–water partition coefficient (Wildman–Crippen LogP) is 1.25. The molecule has 9 heteroatoms. The Morgan fingerprint density at radius 1 is 1.50 bits per heavy atom. The third-order valence-electron chi connectivity index (χ3n) is 2.65. The number of nitrogen functional groups attached to an aromatic ring is 1. The van der Waals surface area contributed by atoms with Crippen LogP contribution in [0.3, 0.4) is 0 Å². The first-order valence-electron chi connectivity index (χ1n) is 5.47. The molecular formula is C11H10BrN5O3. The van der Waals surface area contributed by atoms with Crippen LogP contribution in [0, 0.1) is 10.1 Å². The lowest BCUT2D eigenvalue weighted by Crippen LogP contribution is -2.22. The quantitative estimate of drug-likeness (QED) is 0.492. The van der Waals surface area contributed by atoms with Gasteiger partial charge in [-0.05, 0) is 22.0 Å². The van der Waals surface area contributed by atoms with Crippen LogP contribution in [0.15, 0.2) is 40.0 Å². The lowest BCUT2D eigenvalue weighted by Gasteiger charge is -2.10. The molecule has 1 heterocycles. The van der Waals surface area contributed by atoms with Crippen LogP contribution in [-0.2, 0) is 6.54 Å². The number of hydrazine groups is 1. The number of nitrogens with zero attached hydrogens (tertiary/aromatic N) is 3. The number of hydrogen-bond acceptors (Lipinski definition) is 6. The van der Waals surface area contributed by atoms with Crippen molar-refractivity contribution in [2.45, 2.75) is 6.54 Å². The van der Waals surface area contributed by atoms with Gasteiger partial charge in [0.15, 0.2) is 0 Å². The fourth-order valence-corrected chi connectivity index (χ4v) is 2.03. The summed E-state index contributed by atoms with van der Waals surface area (Å²) < 4.78 is 1.64. The second-order valence-electron chi connectivity index (χ2n) is 3.92. The van der Waals surface area contributed by atoms with Crippen molar-refractivity contribution in [3.8, 4) is 0 Å². The normalized spacial score (nSPS) is 10.3. The average molecular weight is 340 g/mol.